The van der Waals surface area contributed by atoms with Gasteiger partial charge >= 0.3 is 5.97 Å². The first-order valence-corrected chi connectivity index (χ1v) is 6.34. The number of benzene rings is 1. The number of hydrogen-bond acceptors (Lipinski definition) is 4. The molecule has 0 aromatic heterocycles. The van der Waals surface area contributed by atoms with Crippen LogP contribution in [-0.2, 0) is 14.3 Å². The number of esters is 1. The first-order chi connectivity index (χ1) is 9.51. The minimum absolute atomic E-state index is 0.102. The molecule has 20 heavy (non-hydrogen) atoms. The molecule has 5 nitrogen and oxygen atoms in total. The van der Waals surface area contributed by atoms with Crippen LogP contribution < -0.4 is 4.74 Å². The van der Waals surface area contributed by atoms with Crippen molar-refractivity contribution < 1.29 is 19.1 Å². The van der Waals surface area contributed by atoms with E-state index in [0.29, 0.717) is 16.3 Å². The van der Waals surface area contributed by atoms with Crippen LogP contribution in [-0.4, -0.2) is 44.1 Å². The zero-order valence-electron chi connectivity index (χ0n) is 11.2. The Morgan fingerprint density at radius 3 is 2.90 bits per heavy atom. The van der Waals surface area contributed by atoms with Crippen molar-refractivity contribution in [2.45, 2.75) is 0 Å². The van der Waals surface area contributed by atoms with Crippen LogP contribution in [0.25, 0.3) is 6.08 Å². The minimum Gasteiger partial charge on any atom is -0.488 e. The maximum Gasteiger partial charge on any atom is 0.325 e. The molecular weight excluding hydrogens is 282 g/mol. The number of fused-ring (bicyclic) bond motifs is 1. The molecule has 1 aromatic rings. The Labute approximate surface area is 121 Å². The number of amides is 1. The number of methoxy groups -OCH3 is 1. The molecule has 1 amide bonds. The highest BCUT2D eigenvalue weighted by Crippen LogP contribution is 2.29. The molecule has 0 N–H and O–H groups in total. The third kappa shape index (κ3) is 3.11. The highest BCUT2D eigenvalue weighted by molar-refractivity contribution is 6.30. The standard InChI is InChI=1S/C14H14ClNO4/c1-16(7-13(17)19-2)14(18)10-5-9-6-11(15)3-4-12(9)20-8-10/h3-6H,7-8H2,1-2H3. The highest BCUT2D eigenvalue weighted by Gasteiger charge is 2.21. The molecule has 0 saturated carbocycles. The summed E-state index contributed by atoms with van der Waals surface area (Å²) in [4.78, 5) is 24.6. The molecule has 0 saturated heterocycles. The molecule has 1 aliphatic heterocycles. The second-order valence-electron chi connectivity index (χ2n) is 4.38. The van der Waals surface area contributed by atoms with Gasteiger partial charge in [0.1, 0.15) is 18.9 Å². The van der Waals surface area contributed by atoms with Crippen molar-refractivity contribution in [2.24, 2.45) is 0 Å². The number of hydrogen-bond donors (Lipinski definition) is 0. The Bertz CT molecular complexity index is 583. The number of nitrogens with zero attached hydrogens (tertiary/aromatic N) is 1. The van der Waals surface area contributed by atoms with Gasteiger partial charge < -0.3 is 14.4 Å². The van der Waals surface area contributed by atoms with E-state index in [9.17, 15) is 9.59 Å². The molecule has 0 unspecified atom stereocenters. The van der Waals surface area contributed by atoms with E-state index in [1.165, 1.54) is 19.1 Å². The molecular formula is C14H14ClNO4. The molecule has 0 bridgehead atoms. The van der Waals surface area contributed by atoms with Crippen LogP contribution in [0.5, 0.6) is 5.75 Å². The first kappa shape index (κ1) is 14.4. The predicted octanol–water partition coefficient (Wildman–Crippen LogP) is 1.75. The summed E-state index contributed by atoms with van der Waals surface area (Å²) < 4.78 is 10.0. The molecule has 1 heterocycles. The Balaban J connectivity index is 2.17. The van der Waals surface area contributed by atoms with Gasteiger partial charge in [-0.2, -0.15) is 0 Å². The fraction of sp³-hybridized carbons (Fsp3) is 0.286. The normalized spacial score (nSPS) is 12.8. The van der Waals surface area contributed by atoms with Crippen LogP contribution in [0.3, 0.4) is 0 Å². The van der Waals surface area contributed by atoms with E-state index in [1.54, 1.807) is 24.3 Å². The molecule has 1 aromatic carbocycles. The van der Waals surface area contributed by atoms with Crippen molar-refractivity contribution in [3.8, 4) is 5.75 Å². The molecule has 0 radical (unpaired) electrons. The van der Waals surface area contributed by atoms with E-state index in [4.69, 9.17) is 16.3 Å². The number of ether oxygens (including phenoxy) is 2. The van der Waals surface area contributed by atoms with Gasteiger partial charge in [-0.25, -0.2) is 0 Å². The summed E-state index contributed by atoms with van der Waals surface area (Å²) in [5.41, 5.74) is 1.21. The number of carbonyl (C=O) groups is 2. The topological polar surface area (TPSA) is 55.8 Å². The van der Waals surface area contributed by atoms with E-state index < -0.39 is 5.97 Å². The molecule has 6 heteroatoms. The second kappa shape index (κ2) is 5.96. The smallest absolute Gasteiger partial charge is 0.325 e. The summed E-state index contributed by atoms with van der Waals surface area (Å²) in [5.74, 6) is -0.0655. The maximum atomic E-state index is 12.2. The summed E-state index contributed by atoms with van der Waals surface area (Å²) in [6.07, 6.45) is 1.72. The Hall–Kier alpha value is -2.01. The lowest BCUT2D eigenvalue weighted by atomic mass is 10.1. The van der Waals surface area contributed by atoms with Gasteiger partial charge in [0.25, 0.3) is 5.91 Å². The zero-order chi connectivity index (χ0) is 14.7. The average molecular weight is 296 g/mol. The largest absolute Gasteiger partial charge is 0.488 e. The van der Waals surface area contributed by atoms with Gasteiger partial charge in [-0.3, -0.25) is 9.59 Å². The number of halogens is 1. The zero-order valence-corrected chi connectivity index (χ0v) is 11.9. The fourth-order valence-corrected chi connectivity index (χ4v) is 2.03. The van der Waals surface area contributed by atoms with E-state index in [2.05, 4.69) is 4.74 Å². The molecule has 0 aliphatic carbocycles. The quantitative estimate of drug-likeness (QED) is 0.797. The second-order valence-corrected chi connectivity index (χ2v) is 4.81. The van der Waals surface area contributed by atoms with Crippen LogP contribution >= 0.6 is 11.6 Å². The first-order valence-electron chi connectivity index (χ1n) is 5.96. The minimum atomic E-state index is -0.471. The number of carbonyl (C=O) groups excluding carboxylic acids is 2. The van der Waals surface area contributed by atoms with Gasteiger partial charge in [0, 0.05) is 17.6 Å². The lowest BCUT2D eigenvalue weighted by molar-refractivity contribution is -0.145. The molecule has 0 atom stereocenters. The summed E-state index contributed by atoms with van der Waals surface area (Å²) in [6, 6.07) is 5.21. The van der Waals surface area contributed by atoms with E-state index in [0.717, 1.165) is 5.56 Å². The average Bonchev–Trinajstić information content (AvgIpc) is 2.45. The Morgan fingerprint density at radius 1 is 1.45 bits per heavy atom. The predicted molar refractivity (Wildman–Crippen MR) is 74.6 cm³/mol. The number of rotatable bonds is 3. The number of likely N-dealkylation sites (N-methyl/N-ethyl adjacent to an activating group) is 1. The Kier molecular flexibility index (Phi) is 4.29. The summed E-state index contributed by atoms with van der Waals surface area (Å²) >= 11 is 5.91. The third-order valence-corrected chi connectivity index (χ3v) is 3.14. The van der Waals surface area contributed by atoms with Crippen molar-refractivity contribution >= 4 is 29.6 Å². The van der Waals surface area contributed by atoms with E-state index >= 15 is 0 Å². The van der Waals surface area contributed by atoms with Crippen LogP contribution in [0.1, 0.15) is 5.56 Å². The highest BCUT2D eigenvalue weighted by atomic mass is 35.5. The van der Waals surface area contributed by atoms with Crippen LogP contribution in [0.2, 0.25) is 5.02 Å². The van der Waals surface area contributed by atoms with E-state index in [-0.39, 0.29) is 19.1 Å². The van der Waals surface area contributed by atoms with E-state index in [1.807, 2.05) is 0 Å². The molecule has 106 valence electrons. The van der Waals surface area contributed by atoms with Crippen molar-refractivity contribution in [1.82, 2.24) is 4.90 Å². The van der Waals surface area contributed by atoms with Gasteiger partial charge in [0.15, 0.2) is 0 Å². The SMILES string of the molecule is COC(=O)CN(C)C(=O)C1=Cc2cc(Cl)ccc2OC1. The van der Waals surface area contributed by atoms with Crippen LogP contribution in [0, 0.1) is 0 Å². The van der Waals surface area contributed by atoms with Crippen LogP contribution in [0.15, 0.2) is 23.8 Å². The van der Waals surface area contributed by atoms with Crippen molar-refractivity contribution in [1.29, 1.82) is 0 Å². The lowest BCUT2D eigenvalue weighted by Crippen LogP contribution is -2.35. The van der Waals surface area contributed by atoms with Gasteiger partial charge in [0.2, 0.25) is 0 Å². The van der Waals surface area contributed by atoms with Crippen molar-refractivity contribution in [2.75, 3.05) is 27.3 Å². The summed E-state index contributed by atoms with van der Waals surface area (Å²) in [6.45, 7) is 0.0635. The van der Waals surface area contributed by atoms with Crippen molar-refractivity contribution in [3.63, 3.8) is 0 Å². The van der Waals surface area contributed by atoms with Gasteiger partial charge in [-0.1, -0.05) is 11.6 Å². The molecule has 2 rings (SSSR count). The summed E-state index contributed by atoms with van der Waals surface area (Å²) in [5, 5.41) is 0.570. The van der Waals surface area contributed by atoms with Gasteiger partial charge in [0.05, 0.1) is 12.7 Å². The third-order valence-electron chi connectivity index (χ3n) is 2.90. The molecule has 0 fully saturated rings. The summed E-state index contributed by atoms with van der Waals surface area (Å²) in [7, 11) is 2.81. The molecule has 1 aliphatic rings. The van der Waals surface area contributed by atoms with Gasteiger partial charge in [-0.05, 0) is 24.3 Å². The maximum absolute atomic E-state index is 12.2. The van der Waals surface area contributed by atoms with Crippen molar-refractivity contribution in [3.05, 3.63) is 34.4 Å². The molecule has 0 spiro atoms. The monoisotopic (exact) mass is 295 g/mol. The lowest BCUT2D eigenvalue weighted by Gasteiger charge is -2.21. The Morgan fingerprint density at radius 2 is 2.20 bits per heavy atom. The fourth-order valence-electron chi connectivity index (χ4n) is 1.85. The van der Waals surface area contributed by atoms with Crippen LogP contribution in [0.4, 0.5) is 0 Å². The van der Waals surface area contributed by atoms with Gasteiger partial charge in [-0.15, -0.1) is 0 Å².